The first-order valence-electron chi connectivity index (χ1n) is 10.1. The summed E-state index contributed by atoms with van der Waals surface area (Å²) in [7, 11) is -2.13. The Bertz CT molecular complexity index is 1220. The van der Waals surface area contributed by atoms with E-state index < -0.39 is 10.0 Å². The summed E-state index contributed by atoms with van der Waals surface area (Å²) in [6.45, 7) is 7.71. The third-order valence-electron chi connectivity index (χ3n) is 5.43. The third kappa shape index (κ3) is 4.48. The zero-order chi connectivity index (χ0) is 22.3. The Hall–Kier alpha value is -2.00. The molecular formula is C22H26ClN3O3S2. The number of benzene rings is 2. The minimum atomic E-state index is -3.75. The van der Waals surface area contributed by atoms with Crippen molar-refractivity contribution >= 4 is 54.4 Å². The fourth-order valence-corrected chi connectivity index (χ4v) is 7.12. The van der Waals surface area contributed by atoms with Crippen molar-refractivity contribution in [3.63, 3.8) is 0 Å². The number of methoxy groups -OCH3 is 1. The van der Waals surface area contributed by atoms with Crippen LogP contribution < -0.4 is 19.7 Å². The van der Waals surface area contributed by atoms with E-state index in [0.717, 1.165) is 34.6 Å². The van der Waals surface area contributed by atoms with E-state index in [0.29, 0.717) is 32.6 Å². The maximum atomic E-state index is 13.2. The van der Waals surface area contributed by atoms with Crippen LogP contribution >= 0.6 is 22.9 Å². The second kappa shape index (κ2) is 8.50. The van der Waals surface area contributed by atoms with Crippen LogP contribution in [0, 0.1) is 6.92 Å². The number of sulfonamides is 1. The van der Waals surface area contributed by atoms with Gasteiger partial charge in [-0.2, -0.15) is 0 Å². The Balaban J connectivity index is 1.68. The van der Waals surface area contributed by atoms with E-state index in [2.05, 4.69) is 28.8 Å². The molecule has 0 radical (unpaired) electrons. The average Bonchev–Trinajstić information content (AvgIpc) is 3.04. The van der Waals surface area contributed by atoms with Crippen molar-refractivity contribution in [1.29, 1.82) is 0 Å². The van der Waals surface area contributed by atoms with Gasteiger partial charge in [-0.15, -0.1) is 11.3 Å². The molecule has 1 fully saturated rings. The van der Waals surface area contributed by atoms with Crippen LogP contribution in [0.5, 0.6) is 5.75 Å². The van der Waals surface area contributed by atoms with Gasteiger partial charge in [0.25, 0.3) is 10.0 Å². The molecule has 0 amide bonds. The lowest BCUT2D eigenvalue weighted by Gasteiger charge is -2.38. The highest BCUT2D eigenvalue weighted by Crippen LogP contribution is 2.38. The predicted octanol–water partition coefficient (Wildman–Crippen LogP) is 4.86. The molecule has 0 spiro atoms. The van der Waals surface area contributed by atoms with Crippen molar-refractivity contribution in [3.05, 3.63) is 47.0 Å². The Morgan fingerprint density at radius 3 is 2.55 bits per heavy atom. The molecule has 2 unspecified atom stereocenters. The number of piperazine rings is 1. The monoisotopic (exact) mass is 479 g/mol. The summed E-state index contributed by atoms with van der Waals surface area (Å²) in [5.74, 6) is 0.719. The highest BCUT2D eigenvalue weighted by molar-refractivity contribution is 7.94. The zero-order valence-electron chi connectivity index (χ0n) is 17.9. The lowest BCUT2D eigenvalue weighted by Crippen LogP contribution is -2.54. The summed E-state index contributed by atoms with van der Waals surface area (Å²) >= 11 is 7.35. The highest BCUT2D eigenvalue weighted by Gasteiger charge is 2.25. The molecule has 2 atom stereocenters. The van der Waals surface area contributed by atoms with Crippen LogP contribution in [-0.2, 0) is 10.0 Å². The number of thiophene rings is 1. The summed E-state index contributed by atoms with van der Waals surface area (Å²) in [6.07, 6.45) is 0. The molecule has 0 aliphatic carbocycles. The van der Waals surface area contributed by atoms with Gasteiger partial charge in [-0.05, 0) is 68.1 Å². The van der Waals surface area contributed by atoms with E-state index in [1.807, 2.05) is 25.1 Å². The standard InChI is InChI=1S/C22H26ClN3O3S2/c1-13-11-26(12-14(2)24-13)19-10-17(6-7-20(19)29-4)25-31(27,28)22-15(3)18-9-16(23)5-8-21(18)30-22/h5-10,13-14,24-25H,11-12H2,1-4H3. The first-order valence-corrected chi connectivity index (χ1v) is 12.8. The Kier molecular flexibility index (Phi) is 6.09. The van der Waals surface area contributed by atoms with Crippen LogP contribution in [-0.4, -0.2) is 40.7 Å². The second-order valence-corrected chi connectivity index (χ2v) is 11.4. The quantitative estimate of drug-likeness (QED) is 0.547. The van der Waals surface area contributed by atoms with E-state index >= 15 is 0 Å². The molecule has 1 aliphatic rings. The van der Waals surface area contributed by atoms with Crippen molar-refractivity contribution in [2.45, 2.75) is 37.1 Å². The number of aryl methyl sites for hydroxylation is 1. The van der Waals surface area contributed by atoms with Gasteiger partial charge in [0.05, 0.1) is 18.5 Å². The molecule has 0 saturated carbocycles. The van der Waals surface area contributed by atoms with Gasteiger partial charge in [0.2, 0.25) is 0 Å². The lowest BCUT2D eigenvalue weighted by molar-refractivity contribution is 0.391. The molecule has 9 heteroatoms. The maximum Gasteiger partial charge on any atom is 0.271 e. The van der Waals surface area contributed by atoms with Gasteiger partial charge in [0.1, 0.15) is 9.96 Å². The summed E-state index contributed by atoms with van der Waals surface area (Å²) in [5.41, 5.74) is 2.08. The molecule has 6 nitrogen and oxygen atoms in total. The summed E-state index contributed by atoms with van der Waals surface area (Å²) in [5, 5.41) is 4.96. The minimum absolute atomic E-state index is 0.298. The topological polar surface area (TPSA) is 70.7 Å². The minimum Gasteiger partial charge on any atom is -0.495 e. The Morgan fingerprint density at radius 2 is 1.87 bits per heavy atom. The SMILES string of the molecule is COc1ccc(NS(=O)(=O)c2sc3ccc(Cl)cc3c2C)cc1N1CC(C)NC(C)C1. The highest BCUT2D eigenvalue weighted by atomic mass is 35.5. The Labute approximate surface area is 192 Å². The molecule has 2 N–H and O–H groups in total. The molecule has 166 valence electrons. The van der Waals surface area contributed by atoms with Crippen molar-refractivity contribution in [2.24, 2.45) is 0 Å². The van der Waals surface area contributed by atoms with Crippen molar-refractivity contribution < 1.29 is 13.2 Å². The smallest absolute Gasteiger partial charge is 0.271 e. The van der Waals surface area contributed by atoms with Crippen LogP contribution in [0.25, 0.3) is 10.1 Å². The lowest BCUT2D eigenvalue weighted by atomic mass is 10.1. The van der Waals surface area contributed by atoms with Crippen molar-refractivity contribution in [1.82, 2.24) is 5.32 Å². The fourth-order valence-electron chi connectivity index (χ4n) is 4.15. The molecule has 4 rings (SSSR count). The zero-order valence-corrected chi connectivity index (χ0v) is 20.3. The van der Waals surface area contributed by atoms with Gasteiger partial charge in [-0.25, -0.2) is 8.42 Å². The van der Waals surface area contributed by atoms with Gasteiger partial charge < -0.3 is 15.0 Å². The van der Waals surface area contributed by atoms with Gasteiger partial charge in [-0.3, -0.25) is 4.72 Å². The molecule has 0 bridgehead atoms. The number of ether oxygens (including phenoxy) is 1. The number of nitrogens with one attached hydrogen (secondary N) is 2. The van der Waals surface area contributed by atoms with Crippen LogP contribution in [0.2, 0.25) is 5.02 Å². The second-order valence-electron chi connectivity index (χ2n) is 8.02. The maximum absolute atomic E-state index is 13.2. The van der Waals surface area contributed by atoms with Gasteiger partial charge >= 0.3 is 0 Å². The number of rotatable bonds is 5. The van der Waals surface area contributed by atoms with Crippen LogP contribution in [0.4, 0.5) is 11.4 Å². The van der Waals surface area contributed by atoms with Crippen molar-refractivity contribution in [3.8, 4) is 5.75 Å². The van der Waals surface area contributed by atoms with E-state index in [4.69, 9.17) is 16.3 Å². The largest absolute Gasteiger partial charge is 0.495 e. The van der Waals surface area contributed by atoms with Crippen molar-refractivity contribution in [2.75, 3.05) is 29.8 Å². The van der Waals surface area contributed by atoms with Crippen LogP contribution in [0.1, 0.15) is 19.4 Å². The molecule has 2 aromatic carbocycles. The summed E-state index contributed by atoms with van der Waals surface area (Å²) in [4.78, 5) is 2.23. The summed E-state index contributed by atoms with van der Waals surface area (Å²) in [6, 6.07) is 11.5. The predicted molar refractivity (Wildman–Crippen MR) is 130 cm³/mol. The third-order valence-corrected chi connectivity index (χ3v) is 8.94. The van der Waals surface area contributed by atoms with E-state index in [1.54, 1.807) is 25.3 Å². The number of hydrogen-bond donors (Lipinski definition) is 2. The number of fused-ring (bicyclic) bond motifs is 1. The number of nitrogens with zero attached hydrogens (tertiary/aromatic N) is 1. The Morgan fingerprint density at radius 1 is 1.16 bits per heavy atom. The number of halogens is 1. The molecule has 31 heavy (non-hydrogen) atoms. The van der Waals surface area contributed by atoms with Gasteiger partial charge in [0, 0.05) is 34.9 Å². The molecule has 1 aromatic heterocycles. The summed E-state index contributed by atoms with van der Waals surface area (Å²) < 4.78 is 36.0. The molecule has 2 heterocycles. The average molecular weight is 480 g/mol. The number of hydrogen-bond acceptors (Lipinski definition) is 6. The fraction of sp³-hybridized carbons (Fsp3) is 0.364. The van der Waals surface area contributed by atoms with Crippen LogP contribution in [0.3, 0.4) is 0 Å². The first kappa shape index (κ1) is 22.2. The normalized spacial score (nSPS) is 19.6. The first-order chi connectivity index (χ1) is 14.7. The molecule has 1 saturated heterocycles. The van der Waals surface area contributed by atoms with Gasteiger partial charge in [0.15, 0.2) is 0 Å². The van der Waals surface area contributed by atoms with E-state index in [-0.39, 0.29) is 0 Å². The van der Waals surface area contributed by atoms with E-state index in [9.17, 15) is 8.42 Å². The van der Waals surface area contributed by atoms with E-state index in [1.165, 1.54) is 11.3 Å². The van der Waals surface area contributed by atoms with Crippen LogP contribution in [0.15, 0.2) is 40.6 Å². The molecule has 1 aliphatic heterocycles. The number of anilines is 2. The van der Waals surface area contributed by atoms with Gasteiger partial charge in [-0.1, -0.05) is 11.6 Å². The molecular weight excluding hydrogens is 454 g/mol. The molecule has 3 aromatic rings.